The smallest absolute Gasteiger partial charge is 0.340 e. The van der Waals surface area contributed by atoms with E-state index in [1.807, 2.05) is 24.4 Å². The summed E-state index contributed by atoms with van der Waals surface area (Å²) < 4.78 is 39.8. The van der Waals surface area contributed by atoms with Crippen LogP contribution in [0.25, 0.3) is 17.0 Å². The quantitative estimate of drug-likeness (QED) is 0.513. The van der Waals surface area contributed by atoms with Crippen LogP contribution in [0.3, 0.4) is 0 Å². The van der Waals surface area contributed by atoms with Crippen molar-refractivity contribution in [3.8, 4) is 0 Å². The Labute approximate surface area is 150 Å². The van der Waals surface area contributed by atoms with Crippen LogP contribution in [0.1, 0.15) is 23.7 Å². The van der Waals surface area contributed by atoms with Crippen LogP contribution >= 0.6 is 0 Å². The van der Waals surface area contributed by atoms with Crippen LogP contribution in [0.15, 0.2) is 65.7 Å². The monoisotopic (exact) mass is 356 g/mol. The number of fused-ring (bicyclic) bond motifs is 1. The molecule has 134 valence electrons. The molecule has 0 spiro atoms. The Hall–Kier alpha value is -2.82. The van der Waals surface area contributed by atoms with Crippen LogP contribution in [0, 0.1) is 0 Å². The molecular weight excluding hydrogens is 337 g/mol. The predicted octanol–water partition coefficient (Wildman–Crippen LogP) is 5.81. The fraction of sp³-hybridized carbons (Fsp3) is 0.190. The van der Waals surface area contributed by atoms with Crippen molar-refractivity contribution >= 4 is 23.2 Å². The van der Waals surface area contributed by atoms with E-state index in [1.54, 1.807) is 6.08 Å². The minimum Gasteiger partial charge on any atom is -0.340 e. The lowest BCUT2D eigenvalue weighted by Gasteiger charge is -2.05. The normalized spacial score (nSPS) is 12.6. The highest BCUT2D eigenvalue weighted by Crippen LogP contribution is 2.29. The molecule has 0 unspecified atom stereocenters. The lowest BCUT2D eigenvalue weighted by atomic mass is 10.1. The van der Waals surface area contributed by atoms with Crippen molar-refractivity contribution in [1.29, 1.82) is 0 Å². The molecule has 0 bridgehead atoms. The summed E-state index contributed by atoms with van der Waals surface area (Å²) in [5.74, 6) is 0. The lowest BCUT2D eigenvalue weighted by molar-refractivity contribution is -0.137. The van der Waals surface area contributed by atoms with E-state index >= 15 is 0 Å². The van der Waals surface area contributed by atoms with E-state index in [-0.39, 0.29) is 0 Å². The molecule has 0 aliphatic rings. The van der Waals surface area contributed by atoms with Crippen molar-refractivity contribution in [2.45, 2.75) is 19.6 Å². The predicted molar refractivity (Wildman–Crippen MR) is 101 cm³/mol. The van der Waals surface area contributed by atoms with Gasteiger partial charge in [-0.2, -0.15) is 13.2 Å². The van der Waals surface area contributed by atoms with E-state index in [0.29, 0.717) is 6.54 Å². The number of aryl methyl sites for hydroxylation is 1. The van der Waals surface area contributed by atoms with Crippen molar-refractivity contribution in [1.82, 2.24) is 4.57 Å². The zero-order chi connectivity index (χ0) is 18.6. The number of nitrogens with zero attached hydrogens (tertiary/aromatic N) is 2. The van der Waals surface area contributed by atoms with Crippen molar-refractivity contribution in [2.24, 2.45) is 4.99 Å². The summed E-state index contributed by atoms with van der Waals surface area (Å²) >= 11 is 0. The van der Waals surface area contributed by atoms with Gasteiger partial charge in [0.25, 0.3) is 0 Å². The minimum atomic E-state index is -4.30. The Bertz CT molecular complexity index is 932. The first kappa shape index (κ1) is 18.0. The van der Waals surface area contributed by atoms with Gasteiger partial charge in [0.15, 0.2) is 0 Å². The van der Waals surface area contributed by atoms with Crippen molar-refractivity contribution in [2.75, 3.05) is 6.54 Å². The fourth-order valence-corrected chi connectivity index (χ4v) is 2.87. The van der Waals surface area contributed by atoms with Crippen molar-refractivity contribution in [3.63, 3.8) is 0 Å². The highest BCUT2D eigenvalue weighted by molar-refractivity contribution is 5.90. The molecule has 0 N–H and O–H groups in total. The molecule has 0 radical (unpaired) electrons. The van der Waals surface area contributed by atoms with Gasteiger partial charge in [0.05, 0.1) is 17.8 Å². The van der Waals surface area contributed by atoms with Gasteiger partial charge in [-0.25, -0.2) is 0 Å². The van der Waals surface area contributed by atoms with Crippen LogP contribution in [-0.2, 0) is 12.7 Å². The summed E-state index contributed by atoms with van der Waals surface area (Å²) in [5.41, 5.74) is 2.30. The van der Waals surface area contributed by atoms with E-state index in [4.69, 9.17) is 0 Å². The first-order chi connectivity index (χ1) is 12.5. The Kier molecular flexibility index (Phi) is 5.26. The zero-order valence-corrected chi connectivity index (χ0v) is 14.4. The Morgan fingerprint density at radius 3 is 2.46 bits per heavy atom. The van der Waals surface area contributed by atoms with Gasteiger partial charge in [-0.15, -0.1) is 0 Å². The number of halogens is 3. The molecule has 0 saturated heterocycles. The van der Waals surface area contributed by atoms with Gasteiger partial charge in [-0.3, -0.25) is 4.99 Å². The van der Waals surface area contributed by atoms with Gasteiger partial charge < -0.3 is 4.57 Å². The Morgan fingerprint density at radius 1 is 1.04 bits per heavy atom. The highest BCUT2D eigenvalue weighted by atomic mass is 19.4. The van der Waals surface area contributed by atoms with Gasteiger partial charge in [-0.05, 0) is 36.8 Å². The summed E-state index contributed by atoms with van der Waals surface area (Å²) in [6, 6.07) is 15.4. The van der Waals surface area contributed by atoms with Crippen molar-refractivity contribution < 1.29 is 13.2 Å². The summed E-state index contributed by atoms with van der Waals surface area (Å²) in [7, 11) is 0. The molecule has 3 aromatic rings. The summed E-state index contributed by atoms with van der Waals surface area (Å²) in [4.78, 5) is 4.40. The van der Waals surface area contributed by atoms with Crippen molar-refractivity contribution in [3.05, 3.63) is 77.5 Å². The van der Waals surface area contributed by atoms with Crippen LogP contribution < -0.4 is 0 Å². The number of para-hydroxylation sites is 1. The van der Waals surface area contributed by atoms with Gasteiger partial charge in [0.1, 0.15) is 0 Å². The maximum atomic E-state index is 12.5. The first-order valence-corrected chi connectivity index (χ1v) is 8.41. The molecule has 0 aliphatic heterocycles. The van der Waals surface area contributed by atoms with E-state index < -0.39 is 11.7 Å². The number of alkyl halides is 3. The standard InChI is InChI=1S/C21H19F3N2/c1-2-26-19(14-17-7-3-4-8-20(17)26)15-25-13-5-6-16-9-11-18(12-10-16)21(22,23)24/h3-12,14-15H,2,13H2,1H3/b6-5+,25-15?. The molecule has 0 atom stereocenters. The van der Waals surface area contributed by atoms with E-state index in [1.165, 1.54) is 23.0 Å². The number of rotatable bonds is 5. The van der Waals surface area contributed by atoms with Crippen LogP contribution in [0.5, 0.6) is 0 Å². The SMILES string of the molecule is CCn1c(C=NC/C=C/c2ccc(C(F)(F)F)cc2)cc2ccccc21. The molecule has 26 heavy (non-hydrogen) atoms. The van der Waals surface area contributed by atoms with E-state index in [2.05, 4.69) is 34.7 Å². The molecular formula is C21H19F3N2. The first-order valence-electron chi connectivity index (χ1n) is 8.41. The molecule has 0 aliphatic carbocycles. The molecule has 3 rings (SSSR count). The summed E-state index contributed by atoms with van der Waals surface area (Å²) in [6.45, 7) is 3.41. The molecule has 1 heterocycles. The third-order valence-corrected chi connectivity index (χ3v) is 4.14. The number of aliphatic imine (C=N–C) groups is 1. The van der Waals surface area contributed by atoms with Gasteiger partial charge in [-0.1, -0.05) is 42.5 Å². The maximum Gasteiger partial charge on any atom is 0.416 e. The molecule has 0 amide bonds. The van der Waals surface area contributed by atoms with Gasteiger partial charge >= 0.3 is 6.18 Å². The van der Waals surface area contributed by atoms with Crippen LogP contribution in [0.2, 0.25) is 0 Å². The molecule has 0 saturated carbocycles. The van der Waals surface area contributed by atoms with Gasteiger partial charge in [0, 0.05) is 23.7 Å². The average Bonchev–Trinajstić information content (AvgIpc) is 2.98. The summed E-state index contributed by atoms with van der Waals surface area (Å²) in [6.07, 6.45) is 1.13. The third-order valence-electron chi connectivity index (χ3n) is 4.14. The minimum absolute atomic E-state index is 0.465. The molecule has 5 heteroatoms. The second-order valence-corrected chi connectivity index (χ2v) is 5.89. The molecule has 2 nitrogen and oxygen atoms in total. The average molecular weight is 356 g/mol. The zero-order valence-electron chi connectivity index (χ0n) is 14.4. The van der Waals surface area contributed by atoms with Gasteiger partial charge in [0.2, 0.25) is 0 Å². The number of hydrogen-bond donors (Lipinski definition) is 0. The highest BCUT2D eigenvalue weighted by Gasteiger charge is 2.29. The number of aromatic nitrogens is 1. The fourth-order valence-electron chi connectivity index (χ4n) is 2.87. The molecule has 1 aromatic heterocycles. The summed E-state index contributed by atoms with van der Waals surface area (Å²) in [5, 5.41) is 1.18. The number of hydrogen-bond acceptors (Lipinski definition) is 1. The lowest BCUT2D eigenvalue weighted by Crippen LogP contribution is -2.03. The topological polar surface area (TPSA) is 17.3 Å². The van der Waals surface area contributed by atoms with E-state index in [9.17, 15) is 13.2 Å². The second kappa shape index (κ2) is 7.60. The van der Waals surface area contributed by atoms with E-state index in [0.717, 1.165) is 29.9 Å². The van der Waals surface area contributed by atoms with Crippen LogP contribution in [-0.4, -0.2) is 17.3 Å². The maximum absolute atomic E-state index is 12.5. The Balaban J connectivity index is 1.65. The largest absolute Gasteiger partial charge is 0.416 e. The second-order valence-electron chi connectivity index (χ2n) is 5.89. The Morgan fingerprint density at radius 2 is 1.77 bits per heavy atom. The molecule has 2 aromatic carbocycles. The van der Waals surface area contributed by atoms with Crippen LogP contribution in [0.4, 0.5) is 13.2 Å². The molecule has 0 fully saturated rings. The number of benzene rings is 2. The third kappa shape index (κ3) is 4.04.